The molecule has 0 aliphatic rings. The molecule has 0 atom stereocenters. The van der Waals surface area contributed by atoms with Gasteiger partial charge in [-0.2, -0.15) is 18.2 Å². The lowest BCUT2D eigenvalue weighted by Gasteiger charge is -2.11. The number of ether oxygens (including phenoxy) is 1. The number of nitrogens with zero attached hydrogens (tertiary/aromatic N) is 2. The van der Waals surface area contributed by atoms with Crippen LogP contribution in [0.1, 0.15) is 5.82 Å². The molecule has 21 heavy (non-hydrogen) atoms. The Morgan fingerprint density at radius 1 is 1.14 bits per heavy atom. The van der Waals surface area contributed by atoms with Gasteiger partial charge in [0, 0.05) is 17.6 Å². The van der Waals surface area contributed by atoms with Crippen molar-refractivity contribution in [3.63, 3.8) is 0 Å². The van der Waals surface area contributed by atoms with Crippen molar-refractivity contribution in [1.82, 2.24) is 9.97 Å². The highest BCUT2D eigenvalue weighted by Crippen LogP contribution is 2.34. The van der Waals surface area contributed by atoms with Gasteiger partial charge in [-0.25, -0.2) is 4.98 Å². The highest BCUT2D eigenvalue weighted by molar-refractivity contribution is 9.11. The second-order valence-electron chi connectivity index (χ2n) is 3.84. The van der Waals surface area contributed by atoms with E-state index in [1.807, 2.05) is 0 Å². The molecule has 0 radical (unpaired) electrons. The van der Waals surface area contributed by atoms with Crippen molar-refractivity contribution in [2.24, 2.45) is 0 Å². The van der Waals surface area contributed by atoms with Gasteiger partial charge in [-0.15, -0.1) is 0 Å². The standard InChI is InChI=1S/C12H8Br2F3N3O/c1-18-9-5-10(20-11(19-9)12(15,16)17)21-8-3-2-6(13)4-7(8)14/h2-5H,1H3,(H,18,19,20). The molecule has 0 bridgehead atoms. The summed E-state index contributed by atoms with van der Waals surface area (Å²) in [7, 11) is 1.46. The van der Waals surface area contributed by atoms with E-state index in [-0.39, 0.29) is 11.7 Å². The largest absolute Gasteiger partial charge is 0.451 e. The van der Waals surface area contributed by atoms with E-state index in [0.717, 1.165) is 4.47 Å². The van der Waals surface area contributed by atoms with Gasteiger partial charge in [0.15, 0.2) is 0 Å². The van der Waals surface area contributed by atoms with E-state index in [4.69, 9.17) is 4.74 Å². The number of nitrogens with one attached hydrogen (secondary N) is 1. The van der Waals surface area contributed by atoms with Crippen molar-refractivity contribution < 1.29 is 17.9 Å². The summed E-state index contributed by atoms with van der Waals surface area (Å²) in [6, 6.07) is 6.29. The molecule has 0 spiro atoms. The molecule has 0 aliphatic carbocycles. The Hall–Kier alpha value is -1.35. The van der Waals surface area contributed by atoms with Crippen LogP contribution in [0.3, 0.4) is 0 Å². The van der Waals surface area contributed by atoms with Gasteiger partial charge in [0.05, 0.1) is 4.47 Å². The quantitative estimate of drug-likeness (QED) is 0.761. The van der Waals surface area contributed by atoms with E-state index < -0.39 is 12.0 Å². The monoisotopic (exact) mass is 425 g/mol. The number of anilines is 1. The Balaban J connectivity index is 2.39. The van der Waals surface area contributed by atoms with Gasteiger partial charge in [-0.3, -0.25) is 0 Å². The summed E-state index contributed by atoms with van der Waals surface area (Å²) in [6.45, 7) is 0. The van der Waals surface area contributed by atoms with Crippen LogP contribution < -0.4 is 10.1 Å². The van der Waals surface area contributed by atoms with Gasteiger partial charge in [0.25, 0.3) is 0 Å². The Morgan fingerprint density at radius 3 is 2.43 bits per heavy atom. The second kappa shape index (κ2) is 6.18. The number of aromatic nitrogens is 2. The van der Waals surface area contributed by atoms with Gasteiger partial charge in [0.1, 0.15) is 11.6 Å². The van der Waals surface area contributed by atoms with Gasteiger partial charge >= 0.3 is 6.18 Å². The highest BCUT2D eigenvalue weighted by atomic mass is 79.9. The van der Waals surface area contributed by atoms with Crippen molar-refractivity contribution in [2.75, 3.05) is 12.4 Å². The SMILES string of the molecule is CNc1cc(Oc2ccc(Br)cc2Br)nc(C(F)(F)F)n1. The Bertz CT molecular complexity index is 665. The Morgan fingerprint density at radius 2 is 1.86 bits per heavy atom. The average molecular weight is 427 g/mol. The summed E-state index contributed by atoms with van der Waals surface area (Å²) in [4.78, 5) is 6.74. The number of benzene rings is 1. The van der Waals surface area contributed by atoms with Crippen LogP contribution in [0.25, 0.3) is 0 Å². The molecular weight excluding hydrogens is 419 g/mol. The predicted molar refractivity (Wildman–Crippen MR) is 78.5 cm³/mol. The zero-order valence-electron chi connectivity index (χ0n) is 10.5. The summed E-state index contributed by atoms with van der Waals surface area (Å²) >= 11 is 6.53. The van der Waals surface area contributed by atoms with Gasteiger partial charge < -0.3 is 10.1 Å². The van der Waals surface area contributed by atoms with E-state index in [1.165, 1.54) is 13.1 Å². The molecule has 2 aromatic rings. The first-order valence-electron chi connectivity index (χ1n) is 5.56. The zero-order chi connectivity index (χ0) is 15.6. The summed E-state index contributed by atoms with van der Waals surface area (Å²) in [5.41, 5.74) is 0. The normalized spacial score (nSPS) is 11.3. The van der Waals surface area contributed by atoms with Gasteiger partial charge in [-0.1, -0.05) is 15.9 Å². The average Bonchev–Trinajstić information content (AvgIpc) is 2.40. The van der Waals surface area contributed by atoms with E-state index >= 15 is 0 Å². The Labute approximate surface area is 135 Å². The molecule has 1 aromatic heterocycles. The van der Waals surface area contributed by atoms with Crippen molar-refractivity contribution in [1.29, 1.82) is 0 Å². The summed E-state index contributed by atoms with van der Waals surface area (Å²) < 4.78 is 45.0. The first-order valence-corrected chi connectivity index (χ1v) is 7.15. The van der Waals surface area contributed by atoms with Crippen molar-refractivity contribution in [3.8, 4) is 11.6 Å². The second-order valence-corrected chi connectivity index (χ2v) is 5.61. The fraction of sp³-hybridized carbons (Fsp3) is 0.167. The first kappa shape index (κ1) is 16.0. The van der Waals surface area contributed by atoms with Gasteiger partial charge in [-0.05, 0) is 34.1 Å². The molecule has 0 aliphatic heterocycles. The molecule has 0 saturated carbocycles. The minimum Gasteiger partial charge on any atom is -0.438 e. The lowest BCUT2D eigenvalue weighted by molar-refractivity contribution is -0.145. The van der Waals surface area contributed by atoms with Crippen molar-refractivity contribution >= 4 is 37.7 Å². The van der Waals surface area contributed by atoms with Crippen LogP contribution in [0.5, 0.6) is 11.6 Å². The molecule has 0 fully saturated rings. The van der Waals surface area contributed by atoms with Crippen LogP contribution in [0.15, 0.2) is 33.2 Å². The van der Waals surface area contributed by atoms with Gasteiger partial charge in [0.2, 0.25) is 11.7 Å². The fourth-order valence-corrected chi connectivity index (χ4v) is 2.53. The summed E-state index contributed by atoms with van der Waals surface area (Å²) in [6.07, 6.45) is -4.65. The minimum atomic E-state index is -4.65. The molecule has 112 valence electrons. The highest BCUT2D eigenvalue weighted by Gasteiger charge is 2.35. The maximum Gasteiger partial charge on any atom is 0.451 e. The molecule has 2 rings (SSSR count). The molecule has 0 unspecified atom stereocenters. The molecule has 4 nitrogen and oxygen atoms in total. The number of rotatable bonds is 3. The lowest BCUT2D eigenvalue weighted by Crippen LogP contribution is -2.12. The summed E-state index contributed by atoms with van der Waals surface area (Å²) in [5, 5.41) is 2.54. The van der Waals surface area contributed by atoms with E-state index in [2.05, 4.69) is 47.1 Å². The number of halogens is 5. The number of hydrogen-bond acceptors (Lipinski definition) is 4. The van der Waals surface area contributed by atoms with Crippen molar-refractivity contribution in [3.05, 3.63) is 39.0 Å². The molecule has 1 N–H and O–H groups in total. The van der Waals surface area contributed by atoms with E-state index in [0.29, 0.717) is 10.2 Å². The summed E-state index contributed by atoms with van der Waals surface area (Å²) in [5.74, 6) is -1.12. The van der Waals surface area contributed by atoms with E-state index in [9.17, 15) is 13.2 Å². The first-order chi connectivity index (χ1) is 9.79. The fourth-order valence-electron chi connectivity index (χ4n) is 1.40. The van der Waals surface area contributed by atoms with E-state index in [1.54, 1.807) is 18.2 Å². The predicted octanol–water partition coefficient (Wildman–Crippen LogP) is 4.85. The third-order valence-electron chi connectivity index (χ3n) is 2.32. The van der Waals surface area contributed by atoms with Crippen LogP contribution in [0, 0.1) is 0 Å². The molecular formula is C12H8Br2F3N3O. The third-order valence-corrected chi connectivity index (χ3v) is 3.43. The van der Waals surface area contributed by atoms with Crippen LogP contribution >= 0.6 is 31.9 Å². The number of alkyl halides is 3. The van der Waals surface area contributed by atoms with Crippen molar-refractivity contribution in [2.45, 2.75) is 6.18 Å². The third kappa shape index (κ3) is 4.07. The maximum atomic E-state index is 12.7. The zero-order valence-corrected chi connectivity index (χ0v) is 13.7. The topological polar surface area (TPSA) is 47.0 Å². The molecule has 0 saturated heterocycles. The van der Waals surface area contributed by atoms with Crippen LogP contribution in [-0.4, -0.2) is 17.0 Å². The van der Waals surface area contributed by atoms with Crippen LogP contribution in [0.4, 0.5) is 19.0 Å². The maximum absolute atomic E-state index is 12.7. The molecule has 1 heterocycles. The molecule has 0 amide bonds. The Kier molecular flexibility index (Phi) is 4.72. The smallest absolute Gasteiger partial charge is 0.438 e. The lowest BCUT2D eigenvalue weighted by atomic mass is 10.3. The van der Waals surface area contributed by atoms with Crippen LogP contribution in [-0.2, 0) is 6.18 Å². The van der Waals surface area contributed by atoms with Crippen LogP contribution in [0.2, 0.25) is 0 Å². The molecule has 9 heteroatoms. The minimum absolute atomic E-state index is 0.0144. The molecule has 1 aromatic carbocycles. The number of hydrogen-bond donors (Lipinski definition) is 1.